The van der Waals surface area contributed by atoms with Crippen molar-refractivity contribution in [2.45, 2.75) is 33.3 Å². The number of carbonyl (C=O) groups excluding carboxylic acids is 3. The molecule has 0 unspecified atom stereocenters. The molecule has 2 aromatic carbocycles. The maximum atomic E-state index is 12.6. The highest BCUT2D eigenvalue weighted by atomic mass is 16.6. The molecular formula is C25H27N3O5. The molecule has 2 amide bonds. The van der Waals surface area contributed by atoms with Crippen molar-refractivity contribution in [3.05, 3.63) is 72.1 Å². The Kier molecular flexibility index (Phi) is 7.17. The van der Waals surface area contributed by atoms with E-state index >= 15 is 0 Å². The van der Waals surface area contributed by atoms with E-state index in [0.29, 0.717) is 29.2 Å². The highest BCUT2D eigenvalue weighted by Gasteiger charge is 2.16. The normalized spacial score (nSPS) is 10.9. The Morgan fingerprint density at radius 1 is 0.879 bits per heavy atom. The molecule has 3 aromatic rings. The van der Waals surface area contributed by atoms with E-state index in [4.69, 9.17) is 9.47 Å². The maximum absolute atomic E-state index is 12.6. The minimum absolute atomic E-state index is 0.280. The van der Waals surface area contributed by atoms with Gasteiger partial charge in [-0.2, -0.15) is 0 Å². The lowest BCUT2D eigenvalue weighted by atomic mass is 10.1. The van der Waals surface area contributed by atoms with Gasteiger partial charge in [0.1, 0.15) is 11.3 Å². The van der Waals surface area contributed by atoms with Gasteiger partial charge in [0.25, 0.3) is 5.91 Å². The summed E-state index contributed by atoms with van der Waals surface area (Å²) in [6.07, 6.45) is 1.17. The molecule has 8 heteroatoms. The van der Waals surface area contributed by atoms with Crippen molar-refractivity contribution in [2.24, 2.45) is 0 Å². The molecule has 1 aromatic heterocycles. The number of hydrogen-bond acceptors (Lipinski definition) is 5. The van der Waals surface area contributed by atoms with E-state index in [2.05, 4.69) is 15.6 Å². The Morgan fingerprint density at radius 2 is 1.48 bits per heavy atom. The van der Waals surface area contributed by atoms with Crippen molar-refractivity contribution in [1.29, 1.82) is 0 Å². The largest absolute Gasteiger partial charge is 0.461 e. The lowest BCUT2D eigenvalue weighted by Gasteiger charge is -2.19. The highest BCUT2D eigenvalue weighted by Crippen LogP contribution is 2.23. The second-order valence-electron chi connectivity index (χ2n) is 8.26. The van der Waals surface area contributed by atoms with Gasteiger partial charge < -0.3 is 19.8 Å². The zero-order valence-electron chi connectivity index (χ0n) is 19.0. The van der Waals surface area contributed by atoms with Gasteiger partial charge >= 0.3 is 12.1 Å². The molecular weight excluding hydrogens is 422 g/mol. The summed E-state index contributed by atoms with van der Waals surface area (Å²) in [5, 5.41) is 5.46. The van der Waals surface area contributed by atoms with E-state index in [1.54, 1.807) is 76.4 Å². The molecule has 1 heterocycles. The fourth-order valence-corrected chi connectivity index (χ4v) is 2.96. The average Bonchev–Trinajstić information content (AvgIpc) is 3.24. The number of hydrogen-bond donors (Lipinski definition) is 3. The minimum Gasteiger partial charge on any atom is -0.461 e. The number of esters is 1. The van der Waals surface area contributed by atoms with Gasteiger partial charge in [-0.15, -0.1) is 0 Å². The molecule has 33 heavy (non-hydrogen) atoms. The number of amides is 2. The number of aromatic nitrogens is 1. The Bertz CT molecular complexity index is 1130. The third kappa shape index (κ3) is 6.70. The minimum atomic E-state index is -0.594. The summed E-state index contributed by atoms with van der Waals surface area (Å²) in [4.78, 5) is 39.1. The molecule has 8 nitrogen and oxygen atoms in total. The molecule has 0 saturated heterocycles. The smallest absolute Gasteiger partial charge is 0.412 e. The van der Waals surface area contributed by atoms with Gasteiger partial charge in [0, 0.05) is 23.1 Å². The average molecular weight is 450 g/mol. The Hall–Kier alpha value is -4.07. The molecule has 0 aliphatic heterocycles. The first kappa shape index (κ1) is 23.6. The molecule has 0 aliphatic rings. The fraction of sp³-hybridized carbons (Fsp3) is 0.240. The van der Waals surface area contributed by atoms with Crippen molar-refractivity contribution in [1.82, 2.24) is 4.98 Å². The third-order valence-electron chi connectivity index (χ3n) is 4.45. The summed E-state index contributed by atoms with van der Waals surface area (Å²) in [7, 11) is 0. The van der Waals surface area contributed by atoms with Crippen molar-refractivity contribution in [2.75, 3.05) is 17.2 Å². The number of H-pyrrole nitrogens is 1. The van der Waals surface area contributed by atoms with Crippen LogP contribution in [-0.2, 0) is 9.47 Å². The summed E-state index contributed by atoms with van der Waals surface area (Å²) in [5.74, 6) is -0.683. The molecule has 0 saturated carbocycles. The zero-order chi connectivity index (χ0) is 24.0. The van der Waals surface area contributed by atoms with Gasteiger partial charge in [0.2, 0.25) is 0 Å². The molecule has 0 spiro atoms. The highest BCUT2D eigenvalue weighted by molar-refractivity contribution is 6.04. The van der Waals surface area contributed by atoms with Gasteiger partial charge in [-0.05, 0) is 81.3 Å². The molecule has 0 bridgehead atoms. The standard InChI is InChI=1S/C25H27N3O5/c1-5-32-23(30)21-14-18(15-26-21)16-6-10-19(11-7-16)27-22(29)17-8-12-20(13-9-17)28-24(31)33-25(2,3)4/h6-15,26H,5H2,1-4H3,(H,27,29)(H,28,31). The Labute approximate surface area is 192 Å². The quantitative estimate of drug-likeness (QED) is 0.433. The number of anilines is 2. The molecule has 3 rings (SSSR count). The van der Waals surface area contributed by atoms with Gasteiger partial charge in [-0.3, -0.25) is 10.1 Å². The topological polar surface area (TPSA) is 110 Å². The first-order valence-corrected chi connectivity index (χ1v) is 10.5. The van der Waals surface area contributed by atoms with Crippen LogP contribution >= 0.6 is 0 Å². The molecule has 3 N–H and O–H groups in total. The zero-order valence-corrected chi connectivity index (χ0v) is 19.0. The van der Waals surface area contributed by atoms with Crippen LogP contribution < -0.4 is 10.6 Å². The van der Waals surface area contributed by atoms with Crippen LogP contribution in [0.25, 0.3) is 11.1 Å². The van der Waals surface area contributed by atoms with Crippen molar-refractivity contribution in [3.8, 4) is 11.1 Å². The molecule has 0 atom stereocenters. The van der Waals surface area contributed by atoms with Crippen LogP contribution in [-0.4, -0.2) is 35.2 Å². The molecule has 172 valence electrons. The number of ether oxygens (including phenoxy) is 2. The van der Waals surface area contributed by atoms with Crippen molar-refractivity contribution in [3.63, 3.8) is 0 Å². The second-order valence-corrected chi connectivity index (χ2v) is 8.26. The van der Waals surface area contributed by atoms with Crippen LogP contribution in [0.2, 0.25) is 0 Å². The molecule has 0 fully saturated rings. The van der Waals surface area contributed by atoms with Gasteiger partial charge in [-0.1, -0.05) is 12.1 Å². The first-order chi connectivity index (χ1) is 15.6. The number of aromatic amines is 1. The van der Waals surface area contributed by atoms with Gasteiger partial charge in [0.05, 0.1) is 6.61 Å². The number of nitrogens with one attached hydrogen (secondary N) is 3. The summed E-state index contributed by atoms with van der Waals surface area (Å²) < 4.78 is 10.2. The van der Waals surface area contributed by atoms with E-state index in [1.807, 2.05) is 12.1 Å². The monoisotopic (exact) mass is 449 g/mol. The van der Waals surface area contributed by atoms with Crippen LogP contribution in [0.4, 0.5) is 16.2 Å². The summed E-state index contributed by atoms with van der Waals surface area (Å²) in [6.45, 7) is 7.41. The Morgan fingerprint density at radius 3 is 2.09 bits per heavy atom. The predicted octanol–water partition coefficient (Wildman–Crippen LogP) is 5.46. The van der Waals surface area contributed by atoms with E-state index in [0.717, 1.165) is 11.1 Å². The number of rotatable bonds is 6. The first-order valence-electron chi connectivity index (χ1n) is 10.5. The van der Waals surface area contributed by atoms with E-state index in [1.165, 1.54) is 0 Å². The van der Waals surface area contributed by atoms with Crippen LogP contribution in [0, 0.1) is 0 Å². The van der Waals surface area contributed by atoms with E-state index in [-0.39, 0.29) is 5.91 Å². The Balaban J connectivity index is 1.59. The molecule has 0 radical (unpaired) electrons. The molecule has 0 aliphatic carbocycles. The number of carbonyl (C=O) groups is 3. The van der Waals surface area contributed by atoms with Gasteiger partial charge in [-0.25, -0.2) is 9.59 Å². The van der Waals surface area contributed by atoms with Crippen molar-refractivity contribution < 1.29 is 23.9 Å². The van der Waals surface area contributed by atoms with Crippen molar-refractivity contribution >= 4 is 29.3 Å². The second kappa shape index (κ2) is 10.0. The summed E-state index contributed by atoms with van der Waals surface area (Å²) in [5.41, 5.74) is 3.11. The van der Waals surface area contributed by atoms with Crippen LogP contribution in [0.1, 0.15) is 48.5 Å². The SMILES string of the molecule is CCOC(=O)c1cc(-c2ccc(NC(=O)c3ccc(NC(=O)OC(C)(C)C)cc3)cc2)c[nH]1. The van der Waals surface area contributed by atoms with E-state index < -0.39 is 17.7 Å². The van der Waals surface area contributed by atoms with Crippen LogP contribution in [0.15, 0.2) is 60.8 Å². The van der Waals surface area contributed by atoms with Crippen LogP contribution in [0.3, 0.4) is 0 Å². The lowest BCUT2D eigenvalue weighted by Crippen LogP contribution is -2.27. The fourth-order valence-electron chi connectivity index (χ4n) is 2.96. The number of benzene rings is 2. The lowest BCUT2D eigenvalue weighted by molar-refractivity contribution is 0.0519. The van der Waals surface area contributed by atoms with Gasteiger partial charge in [0.15, 0.2) is 0 Å². The van der Waals surface area contributed by atoms with E-state index in [9.17, 15) is 14.4 Å². The summed E-state index contributed by atoms with van der Waals surface area (Å²) in [6, 6.07) is 15.5. The summed E-state index contributed by atoms with van der Waals surface area (Å²) >= 11 is 0. The maximum Gasteiger partial charge on any atom is 0.412 e. The predicted molar refractivity (Wildman–Crippen MR) is 126 cm³/mol. The third-order valence-corrected chi connectivity index (χ3v) is 4.45. The van der Waals surface area contributed by atoms with Crippen LogP contribution in [0.5, 0.6) is 0 Å².